The summed E-state index contributed by atoms with van der Waals surface area (Å²) in [5.41, 5.74) is 4.23. The Bertz CT molecular complexity index is 1090. The molecule has 6 nitrogen and oxygen atoms in total. The van der Waals surface area contributed by atoms with Crippen LogP contribution in [0.2, 0.25) is 5.02 Å². The molecule has 0 saturated carbocycles. The van der Waals surface area contributed by atoms with Crippen molar-refractivity contribution in [1.29, 1.82) is 0 Å². The van der Waals surface area contributed by atoms with Gasteiger partial charge in [-0.2, -0.15) is 0 Å². The fraction of sp³-hybridized carbons (Fsp3) is 0.346. The number of rotatable bonds is 5. The number of aryl methyl sites for hydroxylation is 1. The summed E-state index contributed by atoms with van der Waals surface area (Å²) >= 11 is 6.09. The van der Waals surface area contributed by atoms with Gasteiger partial charge >= 0.3 is 6.03 Å². The lowest BCUT2D eigenvalue weighted by Crippen LogP contribution is -2.53. The Morgan fingerprint density at radius 1 is 1.00 bits per heavy atom. The van der Waals surface area contributed by atoms with Gasteiger partial charge in [-0.1, -0.05) is 54.1 Å². The van der Waals surface area contributed by atoms with Gasteiger partial charge in [-0.05, 0) is 38.5 Å². The van der Waals surface area contributed by atoms with Crippen molar-refractivity contribution in [2.75, 3.05) is 31.1 Å². The molecule has 0 aliphatic carbocycles. The van der Waals surface area contributed by atoms with Crippen molar-refractivity contribution in [1.82, 2.24) is 20.2 Å². The summed E-state index contributed by atoms with van der Waals surface area (Å²) in [5, 5.41) is 3.71. The van der Waals surface area contributed by atoms with Crippen LogP contribution in [-0.2, 0) is 6.42 Å². The van der Waals surface area contributed by atoms with Gasteiger partial charge in [-0.25, -0.2) is 14.8 Å². The number of benzene rings is 2. The summed E-state index contributed by atoms with van der Waals surface area (Å²) in [6.07, 6.45) is 0.724. The van der Waals surface area contributed by atoms with Crippen molar-refractivity contribution < 1.29 is 4.79 Å². The summed E-state index contributed by atoms with van der Waals surface area (Å²) < 4.78 is 0. The predicted octanol–water partition coefficient (Wildman–Crippen LogP) is 4.94. The minimum atomic E-state index is -0.00474. The predicted molar refractivity (Wildman–Crippen MR) is 134 cm³/mol. The van der Waals surface area contributed by atoms with Crippen LogP contribution in [-0.4, -0.2) is 53.1 Å². The molecular weight excluding hydrogens is 434 g/mol. The van der Waals surface area contributed by atoms with Crippen molar-refractivity contribution >= 4 is 23.4 Å². The number of aromatic nitrogens is 2. The third-order valence-electron chi connectivity index (χ3n) is 5.80. The van der Waals surface area contributed by atoms with Gasteiger partial charge in [0.25, 0.3) is 0 Å². The number of hydrogen-bond acceptors (Lipinski definition) is 4. The minimum absolute atomic E-state index is 0.00474. The molecule has 2 aromatic carbocycles. The molecule has 1 N–H and O–H groups in total. The highest BCUT2D eigenvalue weighted by molar-refractivity contribution is 6.30. The Labute approximate surface area is 200 Å². The van der Waals surface area contributed by atoms with Crippen LogP contribution in [0.4, 0.5) is 10.6 Å². The van der Waals surface area contributed by atoms with Crippen LogP contribution >= 0.6 is 11.6 Å². The maximum Gasteiger partial charge on any atom is 0.317 e. The number of halogens is 1. The molecule has 1 aliphatic heterocycles. The Morgan fingerprint density at radius 2 is 1.67 bits per heavy atom. The van der Waals surface area contributed by atoms with Crippen LogP contribution in [0.15, 0.2) is 54.6 Å². The molecule has 1 saturated heterocycles. The molecule has 7 heteroatoms. The Hall–Kier alpha value is -3.12. The first-order chi connectivity index (χ1) is 15.9. The number of carbonyl (C=O) groups excluding carboxylic acids is 1. The molecule has 1 aromatic heterocycles. The molecule has 0 radical (unpaired) electrons. The Balaban J connectivity index is 1.64. The first-order valence-electron chi connectivity index (χ1n) is 11.4. The fourth-order valence-electron chi connectivity index (χ4n) is 4.03. The molecular formula is C26H30ClN5O. The summed E-state index contributed by atoms with van der Waals surface area (Å²) in [5.74, 6) is 1.67. The lowest BCUT2D eigenvalue weighted by atomic mass is 10.0. The number of amides is 2. The van der Waals surface area contributed by atoms with E-state index < -0.39 is 0 Å². The lowest BCUT2D eigenvalue weighted by molar-refractivity contribution is 0.191. The van der Waals surface area contributed by atoms with Gasteiger partial charge in [0.05, 0.1) is 0 Å². The van der Waals surface area contributed by atoms with E-state index >= 15 is 0 Å². The topological polar surface area (TPSA) is 61.4 Å². The highest BCUT2D eigenvalue weighted by Gasteiger charge is 2.25. The van der Waals surface area contributed by atoms with Crippen molar-refractivity contribution in [3.8, 4) is 11.4 Å². The Kier molecular flexibility index (Phi) is 7.14. The maximum atomic E-state index is 12.4. The standard InChI is InChI=1S/C26H30ClN5O/c1-18(2)28-26(33)32-15-13-31(14-16-32)25-23(17-20-9-11-22(27)12-10-20)19(3)29-24(30-25)21-7-5-4-6-8-21/h4-12,18H,13-17H2,1-3H3,(H,28,33). The van der Waals surface area contributed by atoms with E-state index in [1.165, 1.54) is 0 Å². The van der Waals surface area contributed by atoms with Gasteiger partial charge in [0.1, 0.15) is 5.82 Å². The van der Waals surface area contributed by atoms with Gasteiger partial charge in [0, 0.05) is 60.5 Å². The Morgan fingerprint density at radius 3 is 2.30 bits per heavy atom. The summed E-state index contributed by atoms with van der Waals surface area (Å²) in [7, 11) is 0. The number of nitrogens with one attached hydrogen (secondary N) is 1. The van der Waals surface area contributed by atoms with Gasteiger partial charge in [0.15, 0.2) is 5.82 Å². The number of urea groups is 1. The van der Waals surface area contributed by atoms with Gasteiger partial charge in [-0.15, -0.1) is 0 Å². The molecule has 3 aromatic rings. The molecule has 4 rings (SSSR count). The zero-order chi connectivity index (χ0) is 23.4. The average molecular weight is 464 g/mol. The molecule has 0 unspecified atom stereocenters. The van der Waals surface area contributed by atoms with Crippen LogP contribution < -0.4 is 10.2 Å². The minimum Gasteiger partial charge on any atom is -0.353 e. The number of carbonyl (C=O) groups is 1. The number of nitrogens with zero attached hydrogens (tertiary/aromatic N) is 4. The van der Waals surface area contributed by atoms with Crippen LogP contribution in [0, 0.1) is 6.92 Å². The van der Waals surface area contributed by atoms with Crippen molar-refractivity contribution in [2.45, 2.75) is 33.2 Å². The van der Waals surface area contributed by atoms with Crippen molar-refractivity contribution in [2.24, 2.45) is 0 Å². The normalized spacial score (nSPS) is 14.0. The summed E-state index contributed by atoms with van der Waals surface area (Å²) in [6, 6.07) is 18.1. The molecule has 2 amide bonds. The van der Waals surface area contributed by atoms with E-state index in [-0.39, 0.29) is 12.1 Å². The number of piperazine rings is 1. The molecule has 33 heavy (non-hydrogen) atoms. The molecule has 172 valence electrons. The maximum absolute atomic E-state index is 12.4. The zero-order valence-corrected chi connectivity index (χ0v) is 20.1. The van der Waals surface area contributed by atoms with E-state index in [2.05, 4.69) is 17.1 Å². The van der Waals surface area contributed by atoms with Crippen LogP contribution in [0.25, 0.3) is 11.4 Å². The SMILES string of the molecule is Cc1nc(-c2ccccc2)nc(N2CCN(C(=O)NC(C)C)CC2)c1Cc1ccc(Cl)cc1. The van der Waals surface area contributed by atoms with Crippen LogP contribution in [0.1, 0.15) is 30.7 Å². The first kappa shape index (κ1) is 23.1. The average Bonchev–Trinajstić information content (AvgIpc) is 2.82. The van der Waals surface area contributed by atoms with E-state index in [1.807, 2.05) is 73.3 Å². The second-order valence-electron chi connectivity index (χ2n) is 8.68. The number of anilines is 1. The van der Waals surface area contributed by atoms with E-state index in [4.69, 9.17) is 21.6 Å². The zero-order valence-electron chi connectivity index (χ0n) is 19.4. The van der Waals surface area contributed by atoms with Gasteiger partial charge in [-0.3, -0.25) is 0 Å². The highest BCUT2D eigenvalue weighted by atomic mass is 35.5. The second kappa shape index (κ2) is 10.2. The second-order valence-corrected chi connectivity index (χ2v) is 9.12. The largest absolute Gasteiger partial charge is 0.353 e. The number of hydrogen-bond donors (Lipinski definition) is 1. The molecule has 0 spiro atoms. The quantitative estimate of drug-likeness (QED) is 0.582. The lowest BCUT2D eigenvalue weighted by Gasteiger charge is -2.36. The monoisotopic (exact) mass is 463 g/mol. The molecule has 2 heterocycles. The van der Waals surface area contributed by atoms with E-state index in [0.29, 0.717) is 13.1 Å². The molecule has 0 bridgehead atoms. The van der Waals surface area contributed by atoms with Crippen molar-refractivity contribution in [3.05, 3.63) is 76.4 Å². The van der Waals surface area contributed by atoms with Gasteiger partial charge < -0.3 is 15.1 Å². The third kappa shape index (κ3) is 5.63. The first-order valence-corrected chi connectivity index (χ1v) is 11.8. The summed E-state index contributed by atoms with van der Waals surface area (Å²) in [4.78, 5) is 26.5. The van der Waals surface area contributed by atoms with E-state index in [0.717, 1.165) is 58.6 Å². The van der Waals surface area contributed by atoms with E-state index in [1.54, 1.807) is 0 Å². The molecule has 0 atom stereocenters. The van der Waals surface area contributed by atoms with Crippen LogP contribution in [0.3, 0.4) is 0 Å². The molecule has 1 aliphatic rings. The van der Waals surface area contributed by atoms with Gasteiger partial charge in [0.2, 0.25) is 0 Å². The smallest absolute Gasteiger partial charge is 0.317 e. The van der Waals surface area contributed by atoms with Crippen molar-refractivity contribution in [3.63, 3.8) is 0 Å². The van der Waals surface area contributed by atoms with Crippen LogP contribution in [0.5, 0.6) is 0 Å². The highest BCUT2D eigenvalue weighted by Crippen LogP contribution is 2.28. The third-order valence-corrected chi connectivity index (χ3v) is 6.05. The fourth-order valence-corrected chi connectivity index (χ4v) is 4.16. The summed E-state index contributed by atoms with van der Waals surface area (Å²) in [6.45, 7) is 8.77. The van der Waals surface area contributed by atoms with E-state index in [9.17, 15) is 4.79 Å². The molecule has 1 fully saturated rings.